The van der Waals surface area contributed by atoms with Crippen molar-refractivity contribution in [3.8, 4) is 5.69 Å². The van der Waals surface area contributed by atoms with Crippen molar-refractivity contribution in [1.29, 1.82) is 0 Å². The third-order valence-electron chi connectivity index (χ3n) is 2.78. The van der Waals surface area contributed by atoms with Crippen LogP contribution in [-0.4, -0.2) is 9.55 Å². The lowest BCUT2D eigenvalue weighted by Crippen LogP contribution is -1.94. The SMILES string of the molecule is Fc1cc(F)c2[nH]c(=S)n(-c3cccc(Br)c3)c2c1. The minimum absolute atomic E-state index is 0.200. The Labute approximate surface area is 120 Å². The average molecular weight is 341 g/mol. The van der Waals surface area contributed by atoms with Crippen LogP contribution >= 0.6 is 28.1 Å². The molecular formula is C13H7BrF2N2S. The number of nitrogens with zero attached hydrogens (tertiary/aromatic N) is 1. The first kappa shape index (κ1) is 12.5. The minimum Gasteiger partial charge on any atom is -0.328 e. The lowest BCUT2D eigenvalue weighted by molar-refractivity contribution is 0.590. The maximum Gasteiger partial charge on any atom is 0.182 e. The van der Waals surface area contributed by atoms with Crippen molar-refractivity contribution < 1.29 is 8.78 Å². The van der Waals surface area contributed by atoms with Crippen molar-refractivity contribution in [2.75, 3.05) is 0 Å². The maximum atomic E-state index is 13.7. The van der Waals surface area contributed by atoms with E-state index >= 15 is 0 Å². The van der Waals surface area contributed by atoms with Crippen LogP contribution in [0, 0.1) is 16.4 Å². The van der Waals surface area contributed by atoms with Gasteiger partial charge in [0.1, 0.15) is 11.3 Å². The number of aromatic amines is 1. The standard InChI is InChI=1S/C13H7BrF2N2S/c14-7-2-1-3-9(4-7)18-11-6-8(15)5-10(16)12(11)17-13(18)19/h1-6H,(H,17,19). The van der Waals surface area contributed by atoms with E-state index in [0.717, 1.165) is 16.2 Å². The number of benzene rings is 2. The molecule has 1 N–H and O–H groups in total. The van der Waals surface area contributed by atoms with Crippen molar-refractivity contribution in [3.05, 3.63) is 57.3 Å². The smallest absolute Gasteiger partial charge is 0.182 e. The predicted octanol–water partition coefficient (Wildman–Crippen LogP) is 4.73. The molecule has 0 amide bonds. The third-order valence-corrected chi connectivity index (χ3v) is 3.55. The lowest BCUT2D eigenvalue weighted by Gasteiger charge is -2.05. The van der Waals surface area contributed by atoms with Crippen LogP contribution in [-0.2, 0) is 0 Å². The Kier molecular flexibility index (Phi) is 2.99. The van der Waals surface area contributed by atoms with E-state index in [9.17, 15) is 8.78 Å². The van der Waals surface area contributed by atoms with Gasteiger partial charge in [-0.3, -0.25) is 4.57 Å². The summed E-state index contributed by atoms with van der Waals surface area (Å²) in [6.45, 7) is 0. The number of nitrogens with one attached hydrogen (secondary N) is 1. The molecule has 0 fully saturated rings. The van der Waals surface area contributed by atoms with Gasteiger partial charge in [-0.1, -0.05) is 22.0 Å². The Bertz CT molecular complexity index is 838. The molecule has 0 radical (unpaired) electrons. The number of aromatic nitrogens is 2. The molecule has 96 valence electrons. The van der Waals surface area contributed by atoms with Gasteiger partial charge in [0.2, 0.25) is 0 Å². The highest BCUT2D eigenvalue weighted by Crippen LogP contribution is 2.24. The fraction of sp³-hybridized carbons (Fsp3) is 0. The molecule has 0 unspecified atom stereocenters. The molecule has 0 aliphatic heterocycles. The molecule has 0 spiro atoms. The highest BCUT2D eigenvalue weighted by Gasteiger charge is 2.12. The van der Waals surface area contributed by atoms with Gasteiger partial charge in [0.25, 0.3) is 0 Å². The second kappa shape index (κ2) is 4.54. The highest BCUT2D eigenvalue weighted by molar-refractivity contribution is 9.10. The Morgan fingerprint density at radius 1 is 1.16 bits per heavy atom. The van der Waals surface area contributed by atoms with E-state index in [1.807, 2.05) is 24.3 Å². The molecule has 0 aliphatic carbocycles. The molecule has 1 aromatic heterocycles. The van der Waals surface area contributed by atoms with Gasteiger partial charge >= 0.3 is 0 Å². The summed E-state index contributed by atoms with van der Waals surface area (Å²) >= 11 is 8.54. The van der Waals surface area contributed by atoms with E-state index < -0.39 is 11.6 Å². The van der Waals surface area contributed by atoms with Crippen LogP contribution in [0.5, 0.6) is 0 Å². The quantitative estimate of drug-likeness (QED) is 0.635. The summed E-state index contributed by atoms with van der Waals surface area (Å²) in [7, 11) is 0. The molecule has 0 bridgehead atoms. The Hall–Kier alpha value is -1.53. The van der Waals surface area contributed by atoms with E-state index in [4.69, 9.17) is 12.2 Å². The molecule has 1 heterocycles. The number of imidazole rings is 1. The van der Waals surface area contributed by atoms with Gasteiger partial charge in [-0.15, -0.1) is 0 Å². The molecule has 3 aromatic rings. The van der Waals surface area contributed by atoms with Crippen LogP contribution in [0.15, 0.2) is 40.9 Å². The zero-order valence-electron chi connectivity index (χ0n) is 9.45. The fourth-order valence-electron chi connectivity index (χ4n) is 2.00. The van der Waals surface area contributed by atoms with Crippen LogP contribution in [0.3, 0.4) is 0 Å². The third kappa shape index (κ3) is 2.11. The number of hydrogen-bond donors (Lipinski definition) is 1. The maximum absolute atomic E-state index is 13.7. The van der Waals surface area contributed by atoms with Crippen molar-refractivity contribution >= 4 is 39.2 Å². The zero-order chi connectivity index (χ0) is 13.6. The van der Waals surface area contributed by atoms with Crippen molar-refractivity contribution in [2.45, 2.75) is 0 Å². The number of H-pyrrole nitrogens is 1. The van der Waals surface area contributed by atoms with E-state index in [0.29, 0.717) is 10.3 Å². The van der Waals surface area contributed by atoms with Crippen LogP contribution in [0.25, 0.3) is 16.7 Å². The number of fused-ring (bicyclic) bond motifs is 1. The van der Waals surface area contributed by atoms with Gasteiger partial charge in [0.05, 0.1) is 5.52 Å². The molecule has 2 aromatic carbocycles. The molecule has 19 heavy (non-hydrogen) atoms. The molecular weight excluding hydrogens is 334 g/mol. The first-order chi connectivity index (χ1) is 9.06. The zero-order valence-corrected chi connectivity index (χ0v) is 11.9. The normalized spacial score (nSPS) is 11.1. The summed E-state index contributed by atoms with van der Waals surface area (Å²) in [6, 6.07) is 9.42. The summed E-state index contributed by atoms with van der Waals surface area (Å²) in [5.41, 5.74) is 1.31. The van der Waals surface area contributed by atoms with E-state index in [1.165, 1.54) is 6.07 Å². The van der Waals surface area contributed by atoms with Crippen molar-refractivity contribution in [1.82, 2.24) is 9.55 Å². The topological polar surface area (TPSA) is 20.7 Å². The summed E-state index contributed by atoms with van der Waals surface area (Å²) < 4.78 is 29.8. The fourth-order valence-corrected chi connectivity index (χ4v) is 2.70. The van der Waals surface area contributed by atoms with Gasteiger partial charge in [-0.25, -0.2) is 8.78 Å². The molecule has 0 saturated carbocycles. The molecule has 0 atom stereocenters. The summed E-state index contributed by atoms with van der Waals surface area (Å²) in [6.07, 6.45) is 0. The Morgan fingerprint density at radius 3 is 2.68 bits per heavy atom. The average Bonchev–Trinajstić information content (AvgIpc) is 2.66. The highest BCUT2D eigenvalue weighted by atomic mass is 79.9. The number of rotatable bonds is 1. The van der Waals surface area contributed by atoms with Gasteiger partial charge in [0, 0.05) is 22.3 Å². The van der Waals surface area contributed by atoms with Crippen molar-refractivity contribution in [2.24, 2.45) is 0 Å². The van der Waals surface area contributed by atoms with Crippen LogP contribution in [0.2, 0.25) is 0 Å². The molecule has 2 nitrogen and oxygen atoms in total. The van der Waals surface area contributed by atoms with Gasteiger partial charge < -0.3 is 4.98 Å². The van der Waals surface area contributed by atoms with Gasteiger partial charge in [-0.05, 0) is 30.4 Å². The monoisotopic (exact) mass is 340 g/mol. The van der Waals surface area contributed by atoms with E-state index in [1.54, 1.807) is 4.57 Å². The predicted molar refractivity (Wildman–Crippen MR) is 76.1 cm³/mol. The number of halogens is 3. The summed E-state index contributed by atoms with van der Waals surface area (Å²) in [5, 5.41) is 0. The van der Waals surface area contributed by atoms with Crippen molar-refractivity contribution in [3.63, 3.8) is 0 Å². The molecule has 3 rings (SSSR count). The molecule has 6 heteroatoms. The first-order valence-electron chi connectivity index (χ1n) is 5.42. The van der Waals surface area contributed by atoms with E-state index in [-0.39, 0.29) is 5.52 Å². The summed E-state index contributed by atoms with van der Waals surface area (Å²) in [4.78, 5) is 2.76. The molecule has 0 saturated heterocycles. The van der Waals surface area contributed by atoms with Crippen LogP contribution in [0.1, 0.15) is 0 Å². The lowest BCUT2D eigenvalue weighted by atomic mass is 10.2. The van der Waals surface area contributed by atoms with Gasteiger partial charge in [0.15, 0.2) is 10.6 Å². The largest absolute Gasteiger partial charge is 0.328 e. The second-order valence-corrected chi connectivity index (χ2v) is 5.33. The Balaban J connectivity index is 2.41. The van der Waals surface area contributed by atoms with Gasteiger partial charge in [-0.2, -0.15) is 0 Å². The van der Waals surface area contributed by atoms with Crippen LogP contribution in [0.4, 0.5) is 8.78 Å². The van der Waals surface area contributed by atoms with E-state index in [2.05, 4.69) is 20.9 Å². The minimum atomic E-state index is -0.658. The second-order valence-electron chi connectivity index (χ2n) is 4.03. The first-order valence-corrected chi connectivity index (χ1v) is 6.62. The summed E-state index contributed by atoms with van der Waals surface area (Å²) in [5.74, 6) is -1.29. The number of hydrogen-bond acceptors (Lipinski definition) is 1. The Morgan fingerprint density at radius 2 is 1.95 bits per heavy atom. The molecule has 0 aliphatic rings. The van der Waals surface area contributed by atoms with Crippen LogP contribution < -0.4 is 0 Å².